The molecule has 1 unspecified atom stereocenters. The van der Waals surface area contributed by atoms with Gasteiger partial charge in [-0.25, -0.2) is 4.79 Å². The van der Waals surface area contributed by atoms with Crippen molar-refractivity contribution in [2.75, 3.05) is 19.7 Å². The van der Waals surface area contributed by atoms with Gasteiger partial charge >= 0.3 is 18.2 Å². The summed E-state index contributed by atoms with van der Waals surface area (Å²) in [5.74, 6) is -2.84. The molecule has 1 atom stereocenters. The van der Waals surface area contributed by atoms with E-state index in [1.54, 1.807) is 0 Å². The zero-order valence-corrected chi connectivity index (χ0v) is 18.8. The first-order chi connectivity index (χ1) is 16.6. The highest BCUT2D eigenvalue weighted by Gasteiger charge is 2.39. The number of carboxylic acid groups (broad SMARTS) is 1. The molecule has 2 aliphatic carbocycles. The number of hydrogen-bond acceptors (Lipinski definition) is 4. The van der Waals surface area contributed by atoms with Crippen LogP contribution in [0.5, 0.6) is 0 Å². The molecule has 0 saturated heterocycles. The molecule has 7 nitrogen and oxygen atoms in total. The Morgan fingerprint density at radius 2 is 1.60 bits per heavy atom. The highest BCUT2D eigenvalue weighted by molar-refractivity contribution is 5.89. The summed E-state index contributed by atoms with van der Waals surface area (Å²) < 4.78 is 44.5. The smallest absolute Gasteiger partial charge is 0.407 e. The Morgan fingerprint density at radius 3 is 2.11 bits per heavy atom. The molecule has 0 aromatic heterocycles. The maximum absolute atomic E-state index is 13.0. The summed E-state index contributed by atoms with van der Waals surface area (Å²) in [7, 11) is 0. The molecule has 4 rings (SSSR count). The fourth-order valence-electron chi connectivity index (χ4n) is 4.44. The average molecular weight is 490 g/mol. The number of aliphatic carboxylic acids is 1. The van der Waals surface area contributed by atoms with Crippen LogP contribution in [0.3, 0.4) is 0 Å². The van der Waals surface area contributed by atoms with Crippen molar-refractivity contribution in [1.29, 1.82) is 0 Å². The standard InChI is InChI=1S/C25H25F3N2O5/c26-25(27,28)14-30(12-15-9-10-15)23(33)21(11-22(31)32)29-24(34)35-13-20-18-7-3-1-5-16(18)17-6-2-4-8-19(17)20/h1-8,15,20-21H,9-14H2,(H,29,34)(H,31,32). The lowest BCUT2D eigenvalue weighted by atomic mass is 9.98. The Bertz CT molecular complexity index is 1070. The van der Waals surface area contributed by atoms with Gasteiger partial charge in [-0.2, -0.15) is 13.2 Å². The summed E-state index contributed by atoms with van der Waals surface area (Å²) in [6.45, 7) is -1.73. The predicted octanol–water partition coefficient (Wildman–Crippen LogP) is 4.17. The Morgan fingerprint density at radius 1 is 1.03 bits per heavy atom. The maximum Gasteiger partial charge on any atom is 0.407 e. The summed E-state index contributed by atoms with van der Waals surface area (Å²) in [5.41, 5.74) is 3.94. The SMILES string of the molecule is O=C(O)CC(NC(=O)OCC1c2ccccc2-c2ccccc21)C(=O)N(CC1CC1)CC(F)(F)F. The fourth-order valence-corrected chi connectivity index (χ4v) is 4.44. The number of hydrogen-bond donors (Lipinski definition) is 2. The van der Waals surface area contributed by atoms with Crippen LogP contribution in [0.1, 0.15) is 36.3 Å². The zero-order valence-electron chi connectivity index (χ0n) is 18.8. The van der Waals surface area contributed by atoms with Gasteiger partial charge in [-0.3, -0.25) is 9.59 Å². The second-order valence-electron chi connectivity index (χ2n) is 8.90. The van der Waals surface area contributed by atoms with Crippen LogP contribution in [-0.2, 0) is 14.3 Å². The summed E-state index contributed by atoms with van der Waals surface area (Å²) in [6.07, 6.45) is -5.18. The quantitative estimate of drug-likeness (QED) is 0.550. The first kappa shape index (κ1) is 24.6. The molecular weight excluding hydrogens is 465 g/mol. The van der Waals surface area contributed by atoms with Crippen LogP contribution in [0.2, 0.25) is 0 Å². The van der Waals surface area contributed by atoms with Gasteiger partial charge in [0, 0.05) is 12.5 Å². The number of halogens is 3. The van der Waals surface area contributed by atoms with E-state index in [-0.39, 0.29) is 25.0 Å². The summed E-state index contributed by atoms with van der Waals surface area (Å²) in [5, 5.41) is 11.4. The van der Waals surface area contributed by atoms with Gasteiger partial charge in [0.1, 0.15) is 19.2 Å². The molecule has 186 valence electrons. The van der Waals surface area contributed by atoms with Crippen LogP contribution in [0.25, 0.3) is 11.1 Å². The van der Waals surface area contributed by atoms with Gasteiger partial charge in [0.05, 0.1) is 6.42 Å². The van der Waals surface area contributed by atoms with Gasteiger partial charge in [0.25, 0.3) is 0 Å². The van der Waals surface area contributed by atoms with Crippen molar-refractivity contribution in [3.8, 4) is 11.1 Å². The molecule has 0 radical (unpaired) electrons. The second-order valence-corrected chi connectivity index (χ2v) is 8.90. The predicted molar refractivity (Wildman–Crippen MR) is 120 cm³/mol. The van der Waals surface area contributed by atoms with Crippen molar-refractivity contribution in [3.63, 3.8) is 0 Å². The van der Waals surface area contributed by atoms with Crippen molar-refractivity contribution in [2.24, 2.45) is 5.92 Å². The van der Waals surface area contributed by atoms with Gasteiger partial charge in [-0.15, -0.1) is 0 Å². The first-order valence-corrected chi connectivity index (χ1v) is 11.3. The van der Waals surface area contributed by atoms with Crippen LogP contribution >= 0.6 is 0 Å². The van der Waals surface area contributed by atoms with Crippen molar-refractivity contribution in [3.05, 3.63) is 59.7 Å². The molecule has 0 heterocycles. The molecule has 2 aromatic carbocycles. The third kappa shape index (κ3) is 6.12. The monoisotopic (exact) mass is 490 g/mol. The molecule has 0 spiro atoms. The molecule has 2 amide bonds. The topological polar surface area (TPSA) is 95.9 Å². The number of alkyl carbamates (subject to hydrolysis) is 1. The highest BCUT2D eigenvalue weighted by atomic mass is 19.4. The molecule has 10 heteroatoms. The van der Waals surface area contributed by atoms with E-state index in [0.717, 1.165) is 22.3 Å². The van der Waals surface area contributed by atoms with E-state index in [1.807, 2.05) is 48.5 Å². The Kier molecular flexibility index (Phi) is 7.00. The number of rotatable bonds is 9. The van der Waals surface area contributed by atoms with Crippen LogP contribution in [-0.4, -0.2) is 59.9 Å². The summed E-state index contributed by atoms with van der Waals surface area (Å²) in [6, 6.07) is 13.6. The maximum atomic E-state index is 13.0. The number of nitrogens with one attached hydrogen (secondary N) is 1. The first-order valence-electron chi connectivity index (χ1n) is 11.3. The van der Waals surface area contributed by atoms with Crippen molar-refractivity contribution >= 4 is 18.0 Å². The average Bonchev–Trinajstić information content (AvgIpc) is 3.55. The van der Waals surface area contributed by atoms with Gasteiger partial charge < -0.3 is 20.1 Å². The number of carbonyl (C=O) groups excluding carboxylic acids is 2. The molecule has 1 fully saturated rings. The fraction of sp³-hybridized carbons (Fsp3) is 0.400. The summed E-state index contributed by atoms with van der Waals surface area (Å²) >= 11 is 0. The van der Waals surface area contributed by atoms with E-state index in [1.165, 1.54) is 0 Å². The van der Waals surface area contributed by atoms with Crippen LogP contribution in [0.15, 0.2) is 48.5 Å². The lowest BCUT2D eigenvalue weighted by molar-refractivity contribution is -0.163. The number of amides is 2. The third-order valence-corrected chi connectivity index (χ3v) is 6.17. The number of fused-ring (bicyclic) bond motifs is 3. The van der Waals surface area contributed by atoms with E-state index in [4.69, 9.17) is 4.74 Å². The highest BCUT2D eigenvalue weighted by Crippen LogP contribution is 2.44. The molecule has 2 aromatic rings. The van der Waals surface area contributed by atoms with E-state index in [2.05, 4.69) is 5.32 Å². The van der Waals surface area contributed by atoms with Crippen molar-refractivity contribution in [2.45, 2.75) is 37.4 Å². The number of carboxylic acids is 1. The van der Waals surface area contributed by atoms with Crippen LogP contribution in [0, 0.1) is 5.92 Å². The van der Waals surface area contributed by atoms with Gasteiger partial charge in [-0.1, -0.05) is 48.5 Å². The largest absolute Gasteiger partial charge is 0.481 e. The Balaban J connectivity index is 1.44. The molecule has 0 bridgehead atoms. The second kappa shape index (κ2) is 9.97. The minimum Gasteiger partial charge on any atom is -0.481 e. The van der Waals surface area contributed by atoms with E-state index >= 15 is 0 Å². The molecule has 2 aliphatic rings. The minimum absolute atomic E-state index is 0.0544. The molecular formula is C25H25F3N2O5. The number of ether oxygens (including phenoxy) is 1. The summed E-state index contributed by atoms with van der Waals surface area (Å²) in [4.78, 5) is 37.3. The Labute approximate surface area is 199 Å². The van der Waals surface area contributed by atoms with Gasteiger partial charge in [-0.05, 0) is 41.0 Å². The minimum atomic E-state index is -4.65. The number of alkyl halides is 3. The normalized spacial score (nSPS) is 15.6. The van der Waals surface area contributed by atoms with Gasteiger partial charge in [0.2, 0.25) is 5.91 Å². The van der Waals surface area contributed by atoms with Crippen LogP contribution in [0.4, 0.5) is 18.0 Å². The molecule has 2 N–H and O–H groups in total. The molecule has 0 aliphatic heterocycles. The number of benzene rings is 2. The Hall–Kier alpha value is -3.56. The number of nitrogens with zero attached hydrogens (tertiary/aromatic N) is 1. The molecule has 1 saturated carbocycles. The van der Waals surface area contributed by atoms with E-state index < -0.39 is 43.2 Å². The van der Waals surface area contributed by atoms with E-state index in [9.17, 15) is 32.7 Å². The third-order valence-electron chi connectivity index (χ3n) is 6.17. The van der Waals surface area contributed by atoms with Crippen molar-refractivity contribution in [1.82, 2.24) is 10.2 Å². The van der Waals surface area contributed by atoms with Crippen LogP contribution < -0.4 is 5.32 Å². The van der Waals surface area contributed by atoms with Gasteiger partial charge in [0.15, 0.2) is 0 Å². The zero-order chi connectivity index (χ0) is 25.2. The lowest BCUT2D eigenvalue weighted by Crippen LogP contribution is -2.52. The molecule has 35 heavy (non-hydrogen) atoms. The number of carbonyl (C=O) groups is 3. The lowest BCUT2D eigenvalue weighted by Gasteiger charge is -2.28. The van der Waals surface area contributed by atoms with Crippen molar-refractivity contribution < 1.29 is 37.4 Å². The van der Waals surface area contributed by atoms with E-state index in [0.29, 0.717) is 17.7 Å².